The van der Waals surface area contributed by atoms with Crippen molar-refractivity contribution >= 4 is 49.6 Å². The predicted octanol–water partition coefficient (Wildman–Crippen LogP) is 6.26. The number of rotatable bonds is 1. The van der Waals surface area contributed by atoms with E-state index >= 15 is 0 Å². The fraction of sp³-hybridized carbons (Fsp3) is 0.267. The largest absolute Gasteiger partial charge is 0.443 e. The molecule has 0 bridgehead atoms. The summed E-state index contributed by atoms with van der Waals surface area (Å²) in [6, 6.07) is 4.33. The van der Waals surface area contributed by atoms with Crippen LogP contribution in [0.5, 0.6) is 0 Å². The third kappa shape index (κ3) is 3.73. The van der Waals surface area contributed by atoms with Gasteiger partial charge in [0.25, 0.3) is 0 Å². The van der Waals surface area contributed by atoms with Crippen molar-refractivity contribution in [1.82, 2.24) is 4.57 Å². The second-order valence-corrected chi connectivity index (χ2v) is 7.73. The maximum absolute atomic E-state index is 14.2. The quantitative estimate of drug-likeness (QED) is 0.478. The van der Waals surface area contributed by atoms with Gasteiger partial charge < -0.3 is 4.74 Å². The summed E-state index contributed by atoms with van der Waals surface area (Å²) in [5, 5.41) is 0.351. The van der Waals surface area contributed by atoms with Crippen molar-refractivity contribution in [2.45, 2.75) is 26.4 Å². The Labute approximate surface area is 149 Å². The number of nitrogens with zero attached hydrogens (tertiary/aromatic N) is 1. The monoisotopic (exact) mass is 451 g/mol. The van der Waals surface area contributed by atoms with E-state index in [0.717, 1.165) is 0 Å². The SMILES string of the molecule is CC(C)(C)OC(=O)n1cc(Br)cc1-c1c(F)ccc(Cl)c1Br. The Hall–Kier alpha value is -0.850. The molecule has 0 N–H and O–H groups in total. The van der Waals surface area contributed by atoms with Crippen LogP contribution in [0.4, 0.5) is 9.18 Å². The molecule has 7 heteroatoms. The number of carbonyl (C=O) groups excluding carboxylic acids is 1. The van der Waals surface area contributed by atoms with Crippen molar-refractivity contribution in [3.63, 3.8) is 0 Å². The number of benzene rings is 1. The van der Waals surface area contributed by atoms with E-state index in [1.165, 1.54) is 22.9 Å². The Morgan fingerprint density at radius 2 is 1.95 bits per heavy atom. The minimum absolute atomic E-state index is 0.198. The van der Waals surface area contributed by atoms with E-state index in [1.807, 2.05) is 0 Å². The standard InChI is InChI=1S/C15H13Br2ClFNO2/c1-15(2,3)22-14(21)20-7-8(16)6-11(20)12-10(19)5-4-9(18)13(12)17/h4-7H,1-3H3. The first-order valence-corrected chi connectivity index (χ1v) is 8.31. The van der Waals surface area contributed by atoms with E-state index in [2.05, 4.69) is 31.9 Å². The number of halogens is 4. The Morgan fingerprint density at radius 3 is 2.55 bits per heavy atom. The maximum atomic E-state index is 14.2. The molecule has 2 aromatic rings. The third-order valence-electron chi connectivity index (χ3n) is 2.68. The minimum Gasteiger partial charge on any atom is -0.443 e. The average Bonchev–Trinajstić information content (AvgIpc) is 2.74. The van der Waals surface area contributed by atoms with Crippen LogP contribution in [-0.4, -0.2) is 16.3 Å². The molecule has 0 spiro atoms. The summed E-state index contributed by atoms with van der Waals surface area (Å²) in [6.07, 6.45) is 0.926. The highest BCUT2D eigenvalue weighted by molar-refractivity contribution is 9.11. The van der Waals surface area contributed by atoms with Crippen LogP contribution < -0.4 is 0 Å². The van der Waals surface area contributed by atoms with Gasteiger partial charge in [0.15, 0.2) is 0 Å². The van der Waals surface area contributed by atoms with Gasteiger partial charge in [-0.1, -0.05) is 11.6 Å². The van der Waals surface area contributed by atoms with E-state index < -0.39 is 17.5 Å². The van der Waals surface area contributed by atoms with Gasteiger partial charge in [0.1, 0.15) is 11.4 Å². The molecule has 0 aliphatic carbocycles. The van der Waals surface area contributed by atoms with Crippen LogP contribution in [0.15, 0.2) is 33.3 Å². The second-order valence-electron chi connectivity index (χ2n) is 5.61. The molecule has 1 aromatic heterocycles. The molecule has 2 rings (SSSR count). The average molecular weight is 454 g/mol. The number of carbonyl (C=O) groups is 1. The Morgan fingerprint density at radius 1 is 1.32 bits per heavy atom. The molecule has 118 valence electrons. The Balaban J connectivity index is 2.59. The van der Waals surface area contributed by atoms with Gasteiger partial charge in [-0.25, -0.2) is 9.18 Å². The third-order valence-corrected chi connectivity index (χ3v) is 4.48. The zero-order valence-electron chi connectivity index (χ0n) is 12.1. The van der Waals surface area contributed by atoms with Crippen LogP contribution in [-0.2, 0) is 4.74 Å². The lowest BCUT2D eigenvalue weighted by atomic mass is 10.1. The molecule has 1 aromatic carbocycles. The molecular formula is C15H13Br2ClFNO2. The molecule has 0 radical (unpaired) electrons. The molecule has 0 amide bonds. The molecule has 0 fully saturated rings. The summed E-state index contributed by atoms with van der Waals surface area (Å²) in [5.74, 6) is -0.494. The smallest absolute Gasteiger partial charge is 0.419 e. The predicted molar refractivity (Wildman–Crippen MR) is 91.9 cm³/mol. The van der Waals surface area contributed by atoms with Crippen molar-refractivity contribution in [2.75, 3.05) is 0 Å². The molecule has 1 heterocycles. The van der Waals surface area contributed by atoms with E-state index in [0.29, 0.717) is 19.7 Å². The first kappa shape index (κ1) is 17.5. The lowest BCUT2D eigenvalue weighted by Crippen LogP contribution is -2.27. The van der Waals surface area contributed by atoms with Crippen LogP contribution in [0.2, 0.25) is 5.02 Å². The molecule has 0 saturated carbocycles. The summed E-state index contributed by atoms with van der Waals surface area (Å²) in [6.45, 7) is 5.29. The molecule has 22 heavy (non-hydrogen) atoms. The van der Waals surface area contributed by atoms with Crippen molar-refractivity contribution in [1.29, 1.82) is 0 Å². The van der Waals surface area contributed by atoms with E-state index in [9.17, 15) is 9.18 Å². The highest BCUT2D eigenvalue weighted by atomic mass is 79.9. The number of hydrogen-bond donors (Lipinski definition) is 0. The van der Waals surface area contributed by atoms with E-state index in [1.54, 1.807) is 26.8 Å². The lowest BCUT2D eigenvalue weighted by Gasteiger charge is -2.20. The topological polar surface area (TPSA) is 31.2 Å². The summed E-state index contributed by atoms with van der Waals surface area (Å²) < 4.78 is 21.8. The fourth-order valence-corrected chi connectivity index (χ4v) is 2.95. The van der Waals surface area contributed by atoms with Gasteiger partial charge in [-0.2, -0.15) is 0 Å². The zero-order chi connectivity index (χ0) is 16.7. The molecule has 0 saturated heterocycles. The summed E-state index contributed by atoms with van der Waals surface area (Å²) in [4.78, 5) is 12.3. The Kier molecular flexibility index (Phi) is 5.04. The number of aromatic nitrogens is 1. The van der Waals surface area contributed by atoms with Gasteiger partial charge in [-0.3, -0.25) is 4.57 Å². The summed E-state index contributed by atoms with van der Waals surface area (Å²) in [7, 11) is 0. The van der Waals surface area contributed by atoms with Crippen LogP contribution in [0.3, 0.4) is 0 Å². The van der Waals surface area contributed by atoms with Crippen molar-refractivity contribution in [3.05, 3.63) is 44.2 Å². The molecule has 0 atom stereocenters. The van der Waals surface area contributed by atoms with Crippen LogP contribution >= 0.6 is 43.5 Å². The first-order valence-electron chi connectivity index (χ1n) is 6.35. The summed E-state index contributed by atoms with van der Waals surface area (Å²) in [5.41, 5.74) is -0.119. The molecule has 0 unspecified atom stereocenters. The zero-order valence-corrected chi connectivity index (χ0v) is 16.0. The van der Waals surface area contributed by atoms with Crippen LogP contribution in [0.25, 0.3) is 11.3 Å². The van der Waals surface area contributed by atoms with Gasteiger partial charge in [-0.15, -0.1) is 0 Å². The molecule has 0 aliphatic rings. The minimum atomic E-state index is -0.658. The lowest BCUT2D eigenvalue weighted by molar-refractivity contribution is 0.0540. The second kappa shape index (κ2) is 6.34. The normalized spacial score (nSPS) is 11.6. The van der Waals surface area contributed by atoms with Crippen LogP contribution in [0.1, 0.15) is 20.8 Å². The van der Waals surface area contributed by atoms with Gasteiger partial charge in [0, 0.05) is 15.1 Å². The maximum Gasteiger partial charge on any atom is 0.419 e. The number of hydrogen-bond acceptors (Lipinski definition) is 2. The van der Waals surface area contributed by atoms with Crippen LogP contribution in [0, 0.1) is 5.82 Å². The van der Waals surface area contributed by atoms with E-state index in [-0.39, 0.29) is 5.56 Å². The van der Waals surface area contributed by atoms with Gasteiger partial charge in [0.2, 0.25) is 0 Å². The number of ether oxygens (including phenoxy) is 1. The van der Waals surface area contributed by atoms with Gasteiger partial charge >= 0.3 is 6.09 Å². The summed E-state index contributed by atoms with van der Waals surface area (Å²) >= 11 is 12.6. The van der Waals surface area contributed by atoms with Crippen molar-refractivity contribution in [2.24, 2.45) is 0 Å². The molecule has 3 nitrogen and oxygen atoms in total. The van der Waals surface area contributed by atoms with Crippen molar-refractivity contribution < 1.29 is 13.9 Å². The Bertz CT molecular complexity index is 738. The fourth-order valence-electron chi connectivity index (χ4n) is 1.85. The molecular weight excluding hydrogens is 440 g/mol. The molecule has 0 aliphatic heterocycles. The van der Waals surface area contributed by atoms with Gasteiger partial charge in [-0.05, 0) is 70.8 Å². The highest BCUT2D eigenvalue weighted by Crippen LogP contribution is 2.38. The van der Waals surface area contributed by atoms with E-state index in [4.69, 9.17) is 16.3 Å². The first-order chi connectivity index (χ1) is 10.1. The highest BCUT2D eigenvalue weighted by Gasteiger charge is 2.24. The van der Waals surface area contributed by atoms with Crippen molar-refractivity contribution in [3.8, 4) is 11.3 Å². The van der Waals surface area contributed by atoms with Gasteiger partial charge in [0.05, 0.1) is 16.3 Å².